The number of nitrogens with one attached hydrogen (secondary N) is 2. The van der Waals surface area contributed by atoms with Crippen LogP contribution in [0, 0.1) is 0 Å². The molecule has 0 radical (unpaired) electrons. The zero-order chi connectivity index (χ0) is 19.1. The van der Waals surface area contributed by atoms with E-state index < -0.39 is 0 Å². The predicted molar refractivity (Wildman–Crippen MR) is 113 cm³/mol. The quantitative estimate of drug-likeness (QED) is 0.441. The highest BCUT2D eigenvalue weighted by molar-refractivity contribution is 7.99. The Morgan fingerprint density at radius 2 is 2.07 bits per heavy atom. The molecule has 2 N–H and O–H groups in total. The van der Waals surface area contributed by atoms with Gasteiger partial charge >= 0.3 is 0 Å². The van der Waals surface area contributed by atoms with Gasteiger partial charge in [0.1, 0.15) is 5.75 Å². The van der Waals surface area contributed by atoms with Crippen LogP contribution < -0.4 is 10.1 Å². The molecule has 5 heteroatoms. The predicted octanol–water partition coefficient (Wildman–Crippen LogP) is 4.66. The SMILES string of the molecule is CCSc1ccccc1CCNC(=O)/C=C/c1c[nH]c2c(OC)cccc12. The summed E-state index contributed by atoms with van der Waals surface area (Å²) in [6.07, 6.45) is 6.12. The van der Waals surface area contributed by atoms with E-state index in [0.717, 1.165) is 34.4 Å². The van der Waals surface area contributed by atoms with Gasteiger partial charge in [-0.25, -0.2) is 0 Å². The van der Waals surface area contributed by atoms with Crippen LogP contribution in [0.1, 0.15) is 18.1 Å². The molecule has 1 amide bonds. The Hall–Kier alpha value is -2.66. The maximum atomic E-state index is 12.2. The number of rotatable bonds is 8. The number of H-pyrrole nitrogens is 1. The number of amides is 1. The third kappa shape index (κ3) is 4.74. The van der Waals surface area contributed by atoms with Gasteiger partial charge < -0.3 is 15.0 Å². The molecule has 4 nitrogen and oxygen atoms in total. The number of aromatic amines is 1. The van der Waals surface area contributed by atoms with Crippen molar-refractivity contribution in [3.05, 3.63) is 65.9 Å². The lowest BCUT2D eigenvalue weighted by atomic mass is 10.1. The molecule has 2 aromatic carbocycles. The summed E-state index contributed by atoms with van der Waals surface area (Å²) in [5, 5.41) is 4.00. The minimum absolute atomic E-state index is 0.0899. The number of thioether (sulfide) groups is 1. The topological polar surface area (TPSA) is 54.1 Å². The van der Waals surface area contributed by atoms with Gasteiger partial charge in [0.25, 0.3) is 0 Å². The normalized spacial score (nSPS) is 11.2. The first-order valence-corrected chi connectivity index (χ1v) is 10.0. The summed E-state index contributed by atoms with van der Waals surface area (Å²) in [4.78, 5) is 16.7. The molecule has 27 heavy (non-hydrogen) atoms. The van der Waals surface area contributed by atoms with Crippen LogP contribution in [-0.4, -0.2) is 30.3 Å². The molecule has 0 atom stereocenters. The minimum atomic E-state index is -0.0899. The highest BCUT2D eigenvalue weighted by atomic mass is 32.2. The second-order valence-corrected chi connectivity index (χ2v) is 7.35. The van der Waals surface area contributed by atoms with Crippen LogP contribution in [0.5, 0.6) is 5.75 Å². The summed E-state index contributed by atoms with van der Waals surface area (Å²) in [6.45, 7) is 2.76. The molecule has 0 aliphatic rings. The second kappa shape index (κ2) is 9.33. The molecule has 1 heterocycles. The molecule has 0 aliphatic heterocycles. The van der Waals surface area contributed by atoms with E-state index in [1.54, 1.807) is 13.2 Å². The van der Waals surface area contributed by atoms with E-state index in [0.29, 0.717) is 6.54 Å². The Morgan fingerprint density at radius 1 is 1.22 bits per heavy atom. The maximum absolute atomic E-state index is 12.2. The highest BCUT2D eigenvalue weighted by Crippen LogP contribution is 2.27. The van der Waals surface area contributed by atoms with E-state index in [-0.39, 0.29) is 5.91 Å². The highest BCUT2D eigenvalue weighted by Gasteiger charge is 2.06. The Bertz CT molecular complexity index is 946. The summed E-state index contributed by atoms with van der Waals surface area (Å²) in [5.41, 5.74) is 3.17. The van der Waals surface area contributed by atoms with E-state index >= 15 is 0 Å². The Balaban J connectivity index is 1.59. The first-order valence-electron chi connectivity index (χ1n) is 9.03. The summed E-state index contributed by atoms with van der Waals surface area (Å²) < 4.78 is 5.35. The maximum Gasteiger partial charge on any atom is 0.244 e. The van der Waals surface area contributed by atoms with Crippen molar-refractivity contribution in [2.75, 3.05) is 19.4 Å². The molecule has 3 rings (SSSR count). The van der Waals surface area contributed by atoms with E-state index in [1.165, 1.54) is 10.5 Å². The average molecular weight is 381 g/mol. The second-order valence-electron chi connectivity index (χ2n) is 6.04. The number of methoxy groups -OCH3 is 1. The average Bonchev–Trinajstić information content (AvgIpc) is 3.11. The number of ether oxygens (including phenoxy) is 1. The Labute approximate surface area is 164 Å². The fourth-order valence-corrected chi connectivity index (χ4v) is 3.85. The number of benzene rings is 2. The molecule has 0 bridgehead atoms. The molecule has 0 spiro atoms. The summed E-state index contributed by atoms with van der Waals surface area (Å²) >= 11 is 1.83. The van der Waals surface area contributed by atoms with Gasteiger partial charge in [0.15, 0.2) is 0 Å². The summed E-state index contributed by atoms with van der Waals surface area (Å²) in [7, 11) is 1.65. The van der Waals surface area contributed by atoms with Crippen molar-refractivity contribution in [2.24, 2.45) is 0 Å². The van der Waals surface area contributed by atoms with Crippen LogP contribution in [0.4, 0.5) is 0 Å². The Morgan fingerprint density at radius 3 is 2.89 bits per heavy atom. The van der Waals surface area contributed by atoms with Gasteiger partial charge in [0.05, 0.1) is 12.6 Å². The van der Waals surface area contributed by atoms with Gasteiger partial charge in [-0.2, -0.15) is 0 Å². The van der Waals surface area contributed by atoms with Crippen molar-refractivity contribution in [3.8, 4) is 5.75 Å². The van der Waals surface area contributed by atoms with Crippen LogP contribution in [-0.2, 0) is 11.2 Å². The number of carbonyl (C=O) groups excluding carboxylic acids is 1. The molecule has 0 unspecified atom stereocenters. The van der Waals surface area contributed by atoms with Crippen LogP contribution in [0.2, 0.25) is 0 Å². The molecule has 0 saturated heterocycles. The molecule has 3 aromatic rings. The smallest absolute Gasteiger partial charge is 0.244 e. The van der Waals surface area contributed by atoms with Gasteiger partial charge in [0, 0.05) is 34.7 Å². The monoisotopic (exact) mass is 380 g/mol. The standard InChI is InChI=1S/C22H24N2O2S/c1-3-27-20-10-5-4-7-16(20)13-14-23-21(25)12-11-17-15-24-22-18(17)8-6-9-19(22)26-2/h4-12,15,24H,3,13-14H2,1-2H3,(H,23,25)/b12-11+. The Kier molecular flexibility index (Phi) is 6.60. The largest absolute Gasteiger partial charge is 0.495 e. The number of hydrogen-bond donors (Lipinski definition) is 2. The van der Waals surface area contributed by atoms with Crippen molar-refractivity contribution < 1.29 is 9.53 Å². The zero-order valence-electron chi connectivity index (χ0n) is 15.6. The third-order valence-corrected chi connectivity index (χ3v) is 5.31. The van der Waals surface area contributed by atoms with Crippen molar-refractivity contribution in [1.82, 2.24) is 10.3 Å². The summed E-state index contributed by atoms with van der Waals surface area (Å²) in [6, 6.07) is 14.2. The molecule has 140 valence electrons. The number of carbonyl (C=O) groups is 1. The van der Waals surface area contributed by atoms with Crippen LogP contribution in [0.15, 0.2) is 59.6 Å². The van der Waals surface area contributed by atoms with E-state index in [2.05, 4.69) is 35.4 Å². The first-order chi connectivity index (χ1) is 13.2. The molecule has 0 fully saturated rings. The fourth-order valence-electron chi connectivity index (χ4n) is 3.01. The van der Waals surface area contributed by atoms with Crippen molar-refractivity contribution >= 4 is 34.6 Å². The van der Waals surface area contributed by atoms with Crippen LogP contribution >= 0.6 is 11.8 Å². The van der Waals surface area contributed by atoms with E-state index in [1.807, 2.05) is 48.3 Å². The third-order valence-electron chi connectivity index (χ3n) is 4.31. The fraction of sp³-hybridized carbons (Fsp3) is 0.227. The van der Waals surface area contributed by atoms with Crippen molar-refractivity contribution in [2.45, 2.75) is 18.2 Å². The number of para-hydroxylation sites is 1. The van der Waals surface area contributed by atoms with Crippen molar-refractivity contribution in [1.29, 1.82) is 0 Å². The van der Waals surface area contributed by atoms with E-state index in [9.17, 15) is 4.79 Å². The molecule has 1 aromatic heterocycles. The van der Waals surface area contributed by atoms with Gasteiger partial charge in [-0.3, -0.25) is 4.79 Å². The van der Waals surface area contributed by atoms with Gasteiger partial charge in [-0.05, 0) is 35.9 Å². The molecule has 0 aliphatic carbocycles. The number of aromatic nitrogens is 1. The first kappa shape index (κ1) is 19.1. The molecular formula is C22H24N2O2S. The van der Waals surface area contributed by atoms with Crippen LogP contribution in [0.3, 0.4) is 0 Å². The minimum Gasteiger partial charge on any atom is -0.495 e. The van der Waals surface area contributed by atoms with Gasteiger partial charge in [-0.15, -0.1) is 11.8 Å². The lowest BCUT2D eigenvalue weighted by Crippen LogP contribution is -2.23. The summed E-state index contributed by atoms with van der Waals surface area (Å²) in [5.74, 6) is 1.75. The van der Waals surface area contributed by atoms with E-state index in [4.69, 9.17) is 4.74 Å². The molecule has 0 saturated carbocycles. The number of hydrogen-bond acceptors (Lipinski definition) is 3. The lowest BCUT2D eigenvalue weighted by Gasteiger charge is -2.08. The van der Waals surface area contributed by atoms with Gasteiger partial charge in [-0.1, -0.05) is 37.3 Å². The molecular weight excluding hydrogens is 356 g/mol. The van der Waals surface area contributed by atoms with Gasteiger partial charge in [0.2, 0.25) is 5.91 Å². The van der Waals surface area contributed by atoms with Crippen molar-refractivity contribution in [3.63, 3.8) is 0 Å². The zero-order valence-corrected chi connectivity index (χ0v) is 16.4. The number of fused-ring (bicyclic) bond motifs is 1. The van der Waals surface area contributed by atoms with Crippen LogP contribution in [0.25, 0.3) is 17.0 Å². The lowest BCUT2D eigenvalue weighted by molar-refractivity contribution is -0.116.